The van der Waals surface area contributed by atoms with Crippen LogP contribution in [0, 0.1) is 0 Å². The van der Waals surface area contributed by atoms with Crippen LogP contribution in [0.2, 0.25) is 0 Å². The Morgan fingerprint density at radius 3 is 2.56 bits per heavy atom. The first-order chi connectivity index (χ1) is 7.66. The first kappa shape index (κ1) is 10.7. The summed E-state index contributed by atoms with van der Waals surface area (Å²) >= 11 is 0. The van der Waals surface area contributed by atoms with Crippen molar-refractivity contribution >= 4 is 5.91 Å². The van der Waals surface area contributed by atoms with Gasteiger partial charge in [-0.25, -0.2) is 0 Å². The quantitative estimate of drug-likeness (QED) is 0.816. The maximum atomic E-state index is 11.5. The molecular formula is C13H16N2O. The van der Waals surface area contributed by atoms with E-state index in [0.717, 1.165) is 17.7 Å². The topological polar surface area (TPSA) is 32.3 Å². The minimum Gasteiger partial charge on any atom is -0.381 e. The van der Waals surface area contributed by atoms with Crippen LogP contribution < -0.4 is 5.32 Å². The molecule has 0 unspecified atom stereocenters. The van der Waals surface area contributed by atoms with Crippen molar-refractivity contribution in [3.05, 3.63) is 47.7 Å². The number of nitrogens with zero attached hydrogens (tertiary/aromatic N) is 1. The van der Waals surface area contributed by atoms with E-state index in [-0.39, 0.29) is 11.9 Å². The van der Waals surface area contributed by atoms with E-state index in [2.05, 4.69) is 5.32 Å². The highest BCUT2D eigenvalue weighted by Gasteiger charge is 2.21. The molecule has 1 atom stereocenters. The molecule has 3 heteroatoms. The molecule has 1 aromatic carbocycles. The lowest BCUT2D eigenvalue weighted by Crippen LogP contribution is -2.34. The molecule has 1 amide bonds. The number of hydrogen-bond donors (Lipinski definition) is 1. The maximum absolute atomic E-state index is 11.5. The summed E-state index contributed by atoms with van der Waals surface area (Å²) in [5.41, 5.74) is 2.22. The van der Waals surface area contributed by atoms with E-state index in [0.29, 0.717) is 0 Å². The smallest absolute Gasteiger partial charge is 0.246 e. The average molecular weight is 216 g/mol. The van der Waals surface area contributed by atoms with Crippen LogP contribution in [0.15, 0.2) is 42.1 Å². The van der Waals surface area contributed by atoms with Crippen molar-refractivity contribution in [1.82, 2.24) is 10.2 Å². The molecule has 0 spiro atoms. The number of hydrogen-bond acceptors (Lipinski definition) is 2. The van der Waals surface area contributed by atoms with Crippen molar-refractivity contribution in [2.75, 3.05) is 14.1 Å². The van der Waals surface area contributed by atoms with Gasteiger partial charge in [-0.15, -0.1) is 0 Å². The van der Waals surface area contributed by atoms with E-state index in [1.807, 2.05) is 49.3 Å². The Balaban J connectivity index is 2.21. The van der Waals surface area contributed by atoms with E-state index < -0.39 is 0 Å². The number of carbonyl (C=O) groups is 1. The molecule has 0 bridgehead atoms. The summed E-state index contributed by atoms with van der Waals surface area (Å²) in [6.07, 6.45) is 2.52. The zero-order valence-corrected chi connectivity index (χ0v) is 9.60. The SMILES string of the molecule is CN(C)C1=CC(=O)N[C@@H](c2ccccc2)C1. The first-order valence-electron chi connectivity index (χ1n) is 5.40. The Morgan fingerprint density at radius 2 is 1.94 bits per heavy atom. The molecule has 1 heterocycles. The molecule has 1 aliphatic heterocycles. The minimum absolute atomic E-state index is 0.0104. The zero-order valence-electron chi connectivity index (χ0n) is 9.60. The molecule has 0 saturated carbocycles. The van der Waals surface area contributed by atoms with Gasteiger partial charge in [0, 0.05) is 32.3 Å². The maximum Gasteiger partial charge on any atom is 0.246 e. The van der Waals surface area contributed by atoms with Gasteiger partial charge < -0.3 is 10.2 Å². The Hall–Kier alpha value is -1.77. The van der Waals surface area contributed by atoms with Gasteiger partial charge in [-0.1, -0.05) is 30.3 Å². The predicted octanol–water partition coefficient (Wildman–Crippen LogP) is 1.69. The zero-order chi connectivity index (χ0) is 11.5. The van der Waals surface area contributed by atoms with E-state index in [1.54, 1.807) is 6.08 Å². The molecule has 1 aromatic rings. The summed E-state index contributed by atoms with van der Waals surface area (Å²) in [6, 6.07) is 10.2. The van der Waals surface area contributed by atoms with E-state index in [4.69, 9.17) is 0 Å². The van der Waals surface area contributed by atoms with Crippen molar-refractivity contribution in [3.63, 3.8) is 0 Å². The molecule has 0 aliphatic carbocycles. The fourth-order valence-corrected chi connectivity index (χ4v) is 1.88. The lowest BCUT2D eigenvalue weighted by molar-refractivity contribution is -0.117. The van der Waals surface area contributed by atoms with Gasteiger partial charge in [0.2, 0.25) is 5.91 Å². The third-order valence-electron chi connectivity index (χ3n) is 2.80. The van der Waals surface area contributed by atoms with Crippen LogP contribution in [-0.2, 0) is 4.79 Å². The van der Waals surface area contributed by atoms with E-state index in [1.165, 1.54) is 0 Å². The Labute approximate surface area is 95.8 Å². The second-order valence-corrected chi connectivity index (χ2v) is 4.21. The van der Waals surface area contributed by atoms with Gasteiger partial charge in [0.15, 0.2) is 0 Å². The summed E-state index contributed by atoms with van der Waals surface area (Å²) in [7, 11) is 3.93. The summed E-state index contributed by atoms with van der Waals surface area (Å²) in [5.74, 6) is -0.0104. The standard InChI is InChI=1S/C13H16N2O/c1-15(2)11-8-12(14-13(16)9-11)10-6-4-3-5-7-10/h3-7,9,12H,8H2,1-2H3,(H,14,16)/t12-/m1/s1. The second-order valence-electron chi connectivity index (χ2n) is 4.21. The van der Waals surface area contributed by atoms with Gasteiger partial charge in [-0.2, -0.15) is 0 Å². The molecule has 0 saturated heterocycles. The summed E-state index contributed by atoms with van der Waals surface area (Å²) in [4.78, 5) is 13.5. The molecule has 0 fully saturated rings. The first-order valence-corrected chi connectivity index (χ1v) is 5.40. The number of benzene rings is 1. The van der Waals surface area contributed by atoms with Crippen LogP contribution in [0.25, 0.3) is 0 Å². The van der Waals surface area contributed by atoms with E-state index >= 15 is 0 Å². The van der Waals surface area contributed by atoms with Crippen molar-refractivity contribution < 1.29 is 4.79 Å². The van der Waals surface area contributed by atoms with Crippen LogP contribution in [0.4, 0.5) is 0 Å². The largest absolute Gasteiger partial charge is 0.381 e. The average Bonchev–Trinajstić information content (AvgIpc) is 2.29. The van der Waals surface area contributed by atoms with Crippen LogP contribution in [0.3, 0.4) is 0 Å². The molecule has 2 rings (SSSR count). The lowest BCUT2D eigenvalue weighted by Gasteiger charge is -2.28. The highest BCUT2D eigenvalue weighted by molar-refractivity contribution is 5.89. The van der Waals surface area contributed by atoms with Crippen LogP contribution in [0.1, 0.15) is 18.0 Å². The fraction of sp³-hybridized carbons (Fsp3) is 0.308. The van der Waals surface area contributed by atoms with Crippen molar-refractivity contribution in [2.45, 2.75) is 12.5 Å². The van der Waals surface area contributed by atoms with Crippen LogP contribution in [-0.4, -0.2) is 24.9 Å². The lowest BCUT2D eigenvalue weighted by atomic mass is 9.99. The monoisotopic (exact) mass is 216 g/mol. The third-order valence-corrected chi connectivity index (χ3v) is 2.80. The number of nitrogens with one attached hydrogen (secondary N) is 1. The molecule has 16 heavy (non-hydrogen) atoms. The van der Waals surface area contributed by atoms with Gasteiger partial charge in [0.1, 0.15) is 0 Å². The molecule has 1 N–H and O–H groups in total. The molecule has 0 aromatic heterocycles. The summed E-state index contributed by atoms with van der Waals surface area (Å²) in [5, 5.41) is 2.98. The third kappa shape index (κ3) is 2.24. The molecule has 3 nitrogen and oxygen atoms in total. The number of amides is 1. The van der Waals surface area contributed by atoms with Gasteiger partial charge in [0.25, 0.3) is 0 Å². The summed E-state index contributed by atoms with van der Waals surface area (Å²) in [6.45, 7) is 0. The minimum atomic E-state index is -0.0104. The number of rotatable bonds is 2. The normalized spacial score (nSPS) is 20.0. The van der Waals surface area contributed by atoms with E-state index in [9.17, 15) is 4.79 Å². The summed E-state index contributed by atoms with van der Waals surface area (Å²) < 4.78 is 0. The second kappa shape index (κ2) is 4.39. The van der Waals surface area contributed by atoms with Gasteiger partial charge in [-0.05, 0) is 5.56 Å². The molecule has 84 valence electrons. The molecule has 0 radical (unpaired) electrons. The molecule has 1 aliphatic rings. The van der Waals surface area contributed by atoms with Gasteiger partial charge >= 0.3 is 0 Å². The van der Waals surface area contributed by atoms with Gasteiger partial charge in [-0.3, -0.25) is 4.79 Å². The fourth-order valence-electron chi connectivity index (χ4n) is 1.88. The predicted molar refractivity (Wildman–Crippen MR) is 63.7 cm³/mol. The highest BCUT2D eigenvalue weighted by Crippen LogP contribution is 2.24. The Morgan fingerprint density at radius 1 is 1.25 bits per heavy atom. The Bertz CT molecular complexity index is 409. The van der Waals surface area contributed by atoms with Crippen molar-refractivity contribution in [3.8, 4) is 0 Å². The van der Waals surface area contributed by atoms with Crippen LogP contribution >= 0.6 is 0 Å². The van der Waals surface area contributed by atoms with Crippen molar-refractivity contribution in [2.24, 2.45) is 0 Å². The molecular weight excluding hydrogens is 200 g/mol. The van der Waals surface area contributed by atoms with Gasteiger partial charge in [0.05, 0.1) is 6.04 Å². The number of carbonyl (C=O) groups excluding carboxylic acids is 1. The highest BCUT2D eigenvalue weighted by atomic mass is 16.1. The van der Waals surface area contributed by atoms with Crippen molar-refractivity contribution in [1.29, 1.82) is 0 Å². The Kier molecular flexibility index (Phi) is 2.95. The van der Waals surface area contributed by atoms with Crippen LogP contribution in [0.5, 0.6) is 0 Å².